The monoisotopic (exact) mass is 262 g/mol. The number of nitriles is 1. The molecule has 1 fully saturated rings. The first-order chi connectivity index (χ1) is 8.42. The second-order valence-electron chi connectivity index (χ2n) is 4.69. The normalized spacial score (nSPS) is 19.0. The van der Waals surface area contributed by atoms with Crippen molar-refractivity contribution in [3.8, 4) is 6.07 Å². The number of nitrogens with one attached hydrogen (secondary N) is 1. The molecule has 18 heavy (non-hydrogen) atoms. The van der Waals surface area contributed by atoms with Gasteiger partial charge in [-0.05, 0) is 18.8 Å². The minimum absolute atomic E-state index is 0.0820. The lowest BCUT2D eigenvalue weighted by Gasteiger charge is -2.26. The summed E-state index contributed by atoms with van der Waals surface area (Å²) in [7, 11) is 0. The van der Waals surface area contributed by atoms with Gasteiger partial charge in [-0.15, -0.1) is 0 Å². The molecule has 0 aromatic heterocycles. The van der Waals surface area contributed by atoms with Gasteiger partial charge in [-0.1, -0.05) is 19.3 Å². The number of halogens is 3. The Balaban J connectivity index is 2.38. The van der Waals surface area contributed by atoms with Crippen LogP contribution in [0.2, 0.25) is 0 Å². The molecule has 1 aliphatic rings. The Hall–Kier alpha value is -1.25. The van der Waals surface area contributed by atoms with Gasteiger partial charge in [-0.25, -0.2) is 0 Å². The summed E-state index contributed by atoms with van der Waals surface area (Å²) in [5.74, 6) is -0.608. The molecule has 0 radical (unpaired) electrons. The van der Waals surface area contributed by atoms with E-state index >= 15 is 0 Å². The van der Waals surface area contributed by atoms with Crippen molar-refractivity contribution in [1.29, 1.82) is 5.26 Å². The minimum atomic E-state index is -4.33. The Morgan fingerprint density at radius 1 is 1.33 bits per heavy atom. The summed E-state index contributed by atoms with van der Waals surface area (Å²) in [5, 5.41) is 11.4. The number of amides is 1. The lowest BCUT2D eigenvalue weighted by molar-refractivity contribution is -0.144. The van der Waals surface area contributed by atoms with Crippen molar-refractivity contribution in [3.63, 3.8) is 0 Å². The fourth-order valence-electron chi connectivity index (χ4n) is 2.22. The van der Waals surface area contributed by atoms with Crippen molar-refractivity contribution in [2.75, 3.05) is 0 Å². The maximum absolute atomic E-state index is 11.9. The first-order valence-electron chi connectivity index (χ1n) is 6.18. The highest BCUT2D eigenvalue weighted by atomic mass is 19.4. The third kappa shape index (κ3) is 5.39. The number of alkyl halides is 3. The molecule has 3 nitrogen and oxygen atoms in total. The molecule has 1 atom stereocenters. The van der Waals surface area contributed by atoms with Gasteiger partial charge in [0.25, 0.3) is 0 Å². The van der Waals surface area contributed by atoms with Crippen molar-refractivity contribution >= 4 is 5.91 Å². The molecule has 1 rings (SSSR count). The lowest BCUT2D eigenvalue weighted by Crippen LogP contribution is -2.40. The lowest BCUT2D eigenvalue weighted by atomic mass is 9.84. The average Bonchev–Trinajstić information content (AvgIpc) is 2.33. The Bertz CT molecular complexity index is 316. The molecule has 102 valence electrons. The molecule has 0 aromatic rings. The van der Waals surface area contributed by atoms with E-state index in [0.717, 1.165) is 32.1 Å². The third-order valence-corrected chi connectivity index (χ3v) is 3.21. The molecule has 0 bridgehead atoms. The predicted molar refractivity (Wildman–Crippen MR) is 59.4 cm³/mol. The molecule has 1 saturated carbocycles. The number of carbonyl (C=O) groups excluding carboxylic acids is 1. The topological polar surface area (TPSA) is 52.9 Å². The van der Waals surface area contributed by atoms with E-state index < -0.39 is 31.0 Å². The molecule has 0 saturated heterocycles. The van der Waals surface area contributed by atoms with Gasteiger partial charge in [0.2, 0.25) is 5.91 Å². The number of hydrogen-bond donors (Lipinski definition) is 1. The van der Waals surface area contributed by atoms with Crippen molar-refractivity contribution in [2.45, 2.75) is 57.2 Å². The molecular formula is C12H17F3N2O. The standard InChI is InChI=1S/C12H17F3N2O/c13-12(14,15)7-6-11(18)17-10(8-16)9-4-2-1-3-5-9/h9-10H,1-7H2,(H,17,18). The van der Waals surface area contributed by atoms with Crippen molar-refractivity contribution in [3.05, 3.63) is 0 Å². The van der Waals surface area contributed by atoms with Gasteiger partial charge in [0, 0.05) is 6.42 Å². The first-order valence-corrected chi connectivity index (χ1v) is 6.18. The van der Waals surface area contributed by atoms with Gasteiger partial charge in [0.1, 0.15) is 6.04 Å². The Morgan fingerprint density at radius 2 is 1.94 bits per heavy atom. The molecule has 0 spiro atoms. The third-order valence-electron chi connectivity index (χ3n) is 3.21. The van der Waals surface area contributed by atoms with E-state index in [1.807, 2.05) is 6.07 Å². The summed E-state index contributed by atoms with van der Waals surface area (Å²) in [4.78, 5) is 11.3. The Morgan fingerprint density at radius 3 is 2.44 bits per heavy atom. The molecule has 1 aliphatic carbocycles. The predicted octanol–water partition coefficient (Wildman–Crippen LogP) is 2.92. The van der Waals surface area contributed by atoms with Gasteiger partial charge in [0.15, 0.2) is 0 Å². The Kier molecular flexibility index (Phi) is 5.45. The van der Waals surface area contributed by atoms with Crippen LogP contribution in [0, 0.1) is 17.2 Å². The van der Waals surface area contributed by atoms with Crippen molar-refractivity contribution in [1.82, 2.24) is 5.32 Å². The highest BCUT2D eigenvalue weighted by Gasteiger charge is 2.29. The van der Waals surface area contributed by atoms with Crippen LogP contribution in [0.3, 0.4) is 0 Å². The SMILES string of the molecule is N#CC(NC(=O)CCC(F)(F)F)C1CCCCC1. The fraction of sp³-hybridized carbons (Fsp3) is 0.833. The van der Waals surface area contributed by atoms with E-state index in [0.29, 0.717) is 0 Å². The molecule has 1 N–H and O–H groups in total. The number of carbonyl (C=O) groups is 1. The number of nitrogens with zero attached hydrogens (tertiary/aromatic N) is 1. The van der Waals surface area contributed by atoms with Crippen LogP contribution in [-0.4, -0.2) is 18.1 Å². The zero-order valence-electron chi connectivity index (χ0n) is 10.1. The van der Waals surface area contributed by atoms with E-state index in [4.69, 9.17) is 5.26 Å². The molecule has 1 unspecified atom stereocenters. The zero-order chi connectivity index (χ0) is 13.6. The maximum atomic E-state index is 11.9. The first kappa shape index (κ1) is 14.8. The second-order valence-corrected chi connectivity index (χ2v) is 4.69. The van der Waals surface area contributed by atoms with Crippen LogP contribution in [0.25, 0.3) is 0 Å². The van der Waals surface area contributed by atoms with Gasteiger partial charge in [-0.2, -0.15) is 18.4 Å². The molecular weight excluding hydrogens is 245 g/mol. The van der Waals surface area contributed by atoms with Gasteiger partial charge in [0.05, 0.1) is 12.5 Å². The molecule has 6 heteroatoms. The zero-order valence-corrected chi connectivity index (χ0v) is 10.1. The van der Waals surface area contributed by atoms with Crippen LogP contribution in [0.15, 0.2) is 0 Å². The molecule has 0 aromatic carbocycles. The van der Waals surface area contributed by atoms with Crippen molar-refractivity contribution in [2.24, 2.45) is 5.92 Å². The van der Waals surface area contributed by atoms with Crippen LogP contribution in [-0.2, 0) is 4.79 Å². The highest BCUT2D eigenvalue weighted by Crippen LogP contribution is 2.26. The van der Waals surface area contributed by atoms with E-state index in [1.165, 1.54) is 0 Å². The van der Waals surface area contributed by atoms with Crippen LogP contribution in [0.4, 0.5) is 13.2 Å². The highest BCUT2D eigenvalue weighted by molar-refractivity contribution is 5.76. The summed E-state index contributed by atoms with van der Waals surface area (Å²) in [6.45, 7) is 0. The molecule has 0 aliphatic heterocycles. The summed E-state index contributed by atoms with van der Waals surface area (Å²) in [6, 6.07) is 1.34. The van der Waals surface area contributed by atoms with Gasteiger partial charge < -0.3 is 5.32 Å². The van der Waals surface area contributed by atoms with E-state index in [2.05, 4.69) is 5.32 Å². The maximum Gasteiger partial charge on any atom is 0.389 e. The smallest absolute Gasteiger partial charge is 0.340 e. The summed E-state index contributed by atoms with van der Waals surface area (Å²) in [5.41, 5.74) is 0. The summed E-state index contributed by atoms with van der Waals surface area (Å²) in [6.07, 6.45) is -1.20. The van der Waals surface area contributed by atoms with Gasteiger partial charge in [-0.3, -0.25) is 4.79 Å². The van der Waals surface area contributed by atoms with E-state index in [-0.39, 0.29) is 5.92 Å². The average molecular weight is 262 g/mol. The molecule has 0 heterocycles. The van der Waals surface area contributed by atoms with Crippen LogP contribution in [0.5, 0.6) is 0 Å². The van der Waals surface area contributed by atoms with Crippen LogP contribution < -0.4 is 5.32 Å². The van der Waals surface area contributed by atoms with Crippen LogP contribution >= 0.6 is 0 Å². The van der Waals surface area contributed by atoms with Crippen LogP contribution in [0.1, 0.15) is 44.9 Å². The number of rotatable bonds is 4. The summed E-state index contributed by atoms with van der Waals surface area (Å²) >= 11 is 0. The van der Waals surface area contributed by atoms with Crippen molar-refractivity contribution < 1.29 is 18.0 Å². The molecule has 1 amide bonds. The quantitative estimate of drug-likeness (QED) is 0.846. The second kappa shape index (κ2) is 6.62. The largest absolute Gasteiger partial charge is 0.389 e. The van der Waals surface area contributed by atoms with E-state index in [9.17, 15) is 18.0 Å². The minimum Gasteiger partial charge on any atom is -0.340 e. The fourth-order valence-corrected chi connectivity index (χ4v) is 2.22. The van der Waals surface area contributed by atoms with Gasteiger partial charge >= 0.3 is 6.18 Å². The summed E-state index contributed by atoms with van der Waals surface area (Å²) < 4.78 is 35.8. The Labute approximate surface area is 104 Å². The van der Waals surface area contributed by atoms with E-state index in [1.54, 1.807) is 0 Å². The number of hydrogen-bond acceptors (Lipinski definition) is 2.